The van der Waals surface area contributed by atoms with Crippen LogP contribution in [0.5, 0.6) is 0 Å². The maximum absolute atomic E-state index is 6.69. The first-order valence-corrected chi connectivity index (χ1v) is 28.2. The summed E-state index contributed by atoms with van der Waals surface area (Å²) >= 11 is 0. The number of rotatable bonds is 6. The minimum absolute atomic E-state index is 0.467. The van der Waals surface area contributed by atoms with Gasteiger partial charge in [-0.3, -0.25) is 4.57 Å². The van der Waals surface area contributed by atoms with Crippen molar-refractivity contribution in [3.05, 3.63) is 255 Å². The van der Waals surface area contributed by atoms with Crippen LogP contribution in [0.25, 0.3) is 182 Å². The summed E-state index contributed by atoms with van der Waals surface area (Å²) in [5.74, 6) is 1.43. The standard InChI is InChI=1S/C75H42N6O3/c1-2-16-43(17-3-1)44-32-35-63-56(38-44)57-39-45(33-36-64(57)79(63)46-34-37-70-60(40-46)51-22-8-11-29-67(51)82-70)80-61-27-9-4-18-47(61)58-41-59-48-19-5-10-28-62(48)81(66(59)42-65(58)80)75-77-73(54-25-14-23-52-49-20-6-12-30-68(49)83-71(52)54)76-74(78-75)55-26-15-24-53-50-21-7-13-31-69(50)84-72(53)55/h1-42H. The highest BCUT2D eigenvalue weighted by Gasteiger charge is 2.25. The highest BCUT2D eigenvalue weighted by atomic mass is 16.3. The van der Waals surface area contributed by atoms with Crippen molar-refractivity contribution in [1.82, 2.24) is 28.7 Å². The lowest BCUT2D eigenvalue weighted by molar-refractivity contribution is 0.668. The van der Waals surface area contributed by atoms with Gasteiger partial charge in [0, 0.05) is 76.0 Å². The van der Waals surface area contributed by atoms with Gasteiger partial charge in [-0.15, -0.1) is 0 Å². The van der Waals surface area contributed by atoms with E-state index in [2.05, 4.69) is 208 Å². The Morgan fingerprint density at radius 3 is 1.32 bits per heavy atom. The molecule has 0 bridgehead atoms. The fourth-order valence-electron chi connectivity index (χ4n) is 13.6. The van der Waals surface area contributed by atoms with Gasteiger partial charge in [-0.25, -0.2) is 4.98 Å². The molecule has 0 unspecified atom stereocenters. The molecule has 0 aliphatic carbocycles. The second kappa shape index (κ2) is 17.0. The molecule has 390 valence electrons. The van der Waals surface area contributed by atoms with Gasteiger partial charge in [0.15, 0.2) is 11.6 Å². The minimum Gasteiger partial charge on any atom is -0.456 e. The maximum Gasteiger partial charge on any atom is 0.238 e. The van der Waals surface area contributed by atoms with E-state index in [0.29, 0.717) is 28.8 Å². The molecule has 0 radical (unpaired) electrons. The van der Waals surface area contributed by atoms with Crippen LogP contribution >= 0.6 is 0 Å². The molecule has 7 heterocycles. The summed E-state index contributed by atoms with van der Waals surface area (Å²) in [6.45, 7) is 0. The highest BCUT2D eigenvalue weighted by Crippen LogP contribution is 2.44. The number of nitrogens with zero attached hydrogens (tertiary/aromatic N) is 6. The van der Waals surface area contributed by atoms with Crippen LogP contribution in [0.4, 0.5) is 0 Å². The third-order valence-electron chi connectivity index (χ3n) is 17.3. The van der Waals surface area contributed by atoms with E-state index in [1.54, 1.807) is 0 Å². The maximum atomic E-state index is 6.69. The summed E-state index contributed by atoms with van der Waals surface area (Å²) in [7, 11) is 0. The van der Waals surface area contributed by atoms with Crippen molar-refractivity contribution in [3.63, 3.8) is 0 Å². The zero-order valence-corrected chi connectivity index (χ0v) is 44.7. The summed E-state index contributed by atoms with van der Waals surface area (Å²) in [4.78, 5) is 16.4. The molecule has 19 rings (SSSR count). The SMILES string of the molecule is c1ccc(-c2ccc3c(c2)c2cc(-n4c5ccccc5c5cc6c7ccccc7n(-c7nc(-c8cccc9c8oc8ccccc89)nc(-c8cccc9c8oc8ccccc89)n7)c6cc54)ccc2n3-c2ccc3oc4ccccc4c3c2)cc1. The van der Waals surface area contributed by atoms with Crippen LogP contribution < -0.4 is 0 Å². The number of hydrogen-bond acceptors (Lipinski definition) is 6. The van der Waals surface area contributed by atoms with Crippen LogP contribution in [-0.4, -0.2) is 28.7 Å². The second-order valence-electron chi connectivity index (χ2n) is 21.8. The van der Waals surface area contributed by atoms with E-state index in [9.17, 15) is 0 Å². The van der Waals surface area contributed by atoms with E-state index in [1.165, 1.54) is 5.56 Å². The Labute approximate surface area is 476 Å². The first kappa shape index (κ1) is 45.2. The third kappa shape index (κ3) is 6.40. The van der Waals surface area contributed by atoms with Crippen molar-refractivity contribution < 1.29 is 13.3 Å². The summed E-state index contributed by atoms with van der Waals surface area (Å²) in [6.07, 6.45) is 0. The molecule has 0 aliphatic heterocycles. The molecule has 0 spiro atoms. The third-order valence-corrected chi connectivity index (χ3v) is 17.3. The molecule has 0 saturated carbocycles. The molecule has 0 N–H and O–H groups in total. The Bertz CT molecular complexity index is 5880. The van der Waals surface area contributed by atoms with Crippen molar-refractivity contribution in [2.24, 2.45) is 0 Å². The summed E-state index contributed by atoms with van der Waals surface area (Å²) in [6, 6.07) is 90.0. The van der Waals surface area contributed by atoms with Crippen molar-refractivity contribution in [1.29, 1.82) is 0 Å². The molecule has 0 atom stereocenters. The molecule has 84 heavy (non-hydrogen) atoms. The van der Waals surface area contributed by atoms with E-state index in [4.69, 9.17) is 28.2 Å². The lowest BCUT2D eigenvalue weighted by Crippen LogP contribution is -2.06. The number of aromatic nitrogens is 6. The lowest BCUT2D eigenvalue weighted by atomic mass is 10.0. The predicted octanol–water partition coefficient (Wildman–Crippen LogP) is 19.9. The fourth-order valence-corrected chi connectivity index (χ4v) is 13.6. The molecule has 9 heteroatoms. The van der Waals surface area contributed by atoms with Gasteiger partial charge in [-0.05, 0) is 114 Å². The van der Waals surface area contributed by atoms with Gasteiger partial charge in [-0.1, -0.05) is 152 Å². The van der Waals surface area contributed by atoms with Crippen molar-refractivity contribution >= 4 is 131 Å². The Kier molecular flexibility index (Phi) is 9.15. The van der Waals surface area contributed by atoms with Crippen LogP contribution in [0.15, 0.2) is 268 Å². The molecule has 0 amide bonds. The molecule has 0 saturated heterocycles. The smallest absolute Gasteiger partial charge is 0.238 e. The average molecular weight is 1080 g/mol. The monoisotopic (exact) mass is 1070 g/mol. The number of para-hydroxylation sites is 7. The van der Waals surface area contributed by atoms with Crippen molar-refractivity contribution in [2.75, 3.05) is 0 Å². The van der Waals surface area contributed by atoms with Crippen LogP contribution in [0.3, 0.4) is 0 Å². The molecule has 9 nitrogen and oxygen atoms in total. The van der Waals surface area contributed by atoms with E-state index in [-0.39, 0.29) is 0 Å². The Morgan fingerprint density at radius 2 is 0.679 bits per heavy atom. The molecule has 7 aromatic heterocycles. The number of fused-ring (bicyclic) bond motifs is 18. The van der Waals surface area contributed by atoms with E-state index < -0.39 is 0 Å². The number of hydrogen-bond donors (Lipinski definition) is 0. The molecule has 0 aliphatic rings. The van der Waals surface area contributed by atoms with Crippen LogP contribution in [0, 0.1) is 0 Å². The van der Waals surface area contributed by atoms with Crippen LogP contribution in [0.1, 0.15) is 0 Å². The first-order valence-electron chi connectivity index (χ1n) is 28.2. The van der Waals surface area contributed by atoms with E-state index in [1.807, 2.05) is 60.7 Å². The predicted molar refractivity (Wildman–Crippen MR) is 341 cm³/mol. The van der Waals surface area contributed by atoms with Gasteiger partial charge in [-0.2, -0.15) is 9.97 Å². The fraction of sp³-hybridized carbons (Fsp3) is 0. The largest absolute Gasteiger partial charge is 0.456 e. The van der Waals surface area contributed by atoms with Crippen molar-refractivity contribution in [3.8, 4) is 51.2 Å². The van der Waals surface area contributed by atoms with E-state index >= 15 is 0 Å². The van der Waals surface area contributed by atoms with Gasteiger partial charge in [0.2, 0.25) is 5.95 Å². The normalized spacial score (nSPS) is 12.3. The van der Waals surface area contributed by atoms with Gasteiger partial charge < -0.3 is 22.4 Å². The topological polar surface area (TPSA) is 92.9 Å². The van der Waals surface area contributed by atoms with Gasteiger partial charge in [0.25, 0.3) is 0 Å². The second-order valence-corrected chi connectivity index (χ2v) is 21.8. The van der Waals surface area contributed by atoms with Crippen LogP contribution in [0.2, 0.25) is 0 Å². The van der Waals surface area contributed by atoms with Gasteiger partial charge >= 0.3 is 0 Å². The molecule has 19 aromatic rings. The quantitative estimate of drug-likeness (QED) is 0.165. The summed E-state index contributed by atoms with van der Waals surface area (Å²) in [5, 5.41) is 13.0. The number of furan rings is 3. The lowest BCUT2D eigenvalue weighted by Gasteiger charge is -2.12. The zero-order valence-electron chi connectivity index (χ0n) is 44.7. The zero-order chi connectivity index (χ0) is 54.7. The Balaban J connectivity index is 0.872. The Hall–Kier alpha value is -11.6. The minimum atomic E-state index is 0.467. The number of benzene rings is 12. The summed E-state index contributed by atoms with van der Waals surface area (Å²) in [5.41, 5.74) is 17.0. The van der Waals surface area contributed by atoms with E-state index in [0.717, 1.165) is 148 Å². The first-order chi connectivity index (χ1) is 41.6. The summed E-state index contributed by atoms with van der Waals surface area (Å²) < 4.78 is 26.7. The highest BCUT2D eigenvalue weighted by molar-refractivity contribution is 6.20. The molecular formula is C75H42N6O3. The molecule has 0 fully saturated rings. The molecular weight excluding hydrogens is 1030 g/mol. The van der Waals surface area contributed by atoms with Gasteiger partial charge in [0.05, 0.1) is 44.2 Å². The van der Waals surface area contributed by atoms with Crippen molar-refractivity contribution in [2.45, 2.75) is 0 Å². The average Bonchev–Trinajstić information content (AvgIpc) is 2.14. The van der Waals surface area contributed by atoms with Crippen LogP contribution in [-0.2, 0) is 0 Å². The van der Waals surface area contributed by atoms with Gasteiger partial charge in [0.1, 0.15) is 33.5 Å². The molecule has 12 aromatic carbocycles. The Morgan fingerprint density at radius 1 is 0.238 bits per heavy atom.